The molecule has 2 aromatic rings. The zero-order valence-electron chi connectivity index (χ0n) is 16.9. The van der Waals surface area contributed by atoms with Crippen LogP contribution >= 0.6 is 0 Å². The molecule has 1 aromatic carbocycles. The van der Waals surface area contributed by atoms with Crippen molar-refractivity contribution in [1.82, 2.24) is 20.1 Å². The average Bonchev–Trinajstić information content (AvgIpc) is 3.30. The second-order valence-electron chi connectivity index (χ2n) is 8.64. The van der Waals surface area contributed by atoms with Gasteiger partial charge in [-0.15, -0.1) is 0 Å². The van der Waals surface area contributed by atoms with Crippen molar-refractivity contribution >= 4 is 28.9 Å². The molecule has 0 bridgehead atoms. The molecule has 0 radical (unpaired) electrons. The summed E-state index contributed by atoms with van der Waals surface area (Å²) in [7, 11) is 0. The zero-order chi connectivity index (χ0) is 20.7. The Labute approximate surface area is 174 Å². The van der Waals surface area contributed by atoms with Crippen molar-refractivity contribution in [1.29, 1.82) is 0 Å². The molecule has 3 fully saturated rings. The molecule has 0 atom stereocenters. The van der Waals surface area contributed by atoms with Crippen LogP contribution in [0.15, 0.2) is 28.7 Å². The fraction of sp³-hybridized carbons (Fsp3) is 0.545. The van der Waals surface area contributed by atoms with Crippen molar-refractivity contribution in [3.05, 3.63) is 30.2 Å². The summed E-state index contributed by atoms with van der Waals surface area (Å²) in [5.74, 6) is 0.476. The van der Waals surface area contributed by atoms with Crippen LogP contribution < -0.4 is 5.32 Å². The van der Waals surface area contributed by atoms with Crippen LogP contribution in [0.25, 0.3) is 11.1 Å². The largest absolute Gasteiger partial charge is 0.440 e. The molecule has 1 saturated carbocycles. The predicted octanol–water partition coefficient (Wildman–Crippen LogP) is 2.79. The summed E-state index contributed by atoms with van der Waals surface area (Å²) in [6.07, 6.45) is 5.77. The molecular formula is C22H26N4O4. The smallest absolute Gasteiger partial charge is 0.325 e. The van der Waals surface area contributed by atoms with E-state index in [2.05, 4.69) is 10.3 Å². The van der Waals surface area contributed by atoms with E-state index >= 15 is 0 Å². The quantitative estimate of drug-likeness (QED) is 0.785. The number of benzene rings is 1. The van der Waals surface area contributed by atoms with Crippen molar-refractivity contribution in [3.63, 3.8) is 0 Å². The Balaban J connectivity index is 1.20. The normalized spacial score (nSPS) is 22.1. The molecule has 5 rings (SSSR count). The topological polar surface area (TPSA) is 95.8 Å². The molecule has 8 nitrogen and oxygen atoms in total. The number of carbonyl (C=O) groups is 3. The number of piperidine rings is 1. The molecule has 158 valence electrons. The maximum Gasteiger partial charge on any atom is 0.325 e. The molecule has 30 heavy (non-hydrogen) atoms. The summed E-state index contributed by atoms with van der Waals surface area (Å²) >= 11 is 0. The Bertz CT molecular complexity index is 953. The van der Waals surface area contributed by atoms with Crippen LogP contribution in [0, 0.1) is 0 Å². The number of nitrogens with one attached hydrogen (secondary N) is 1. The van der Waals surface area contributed by atoms with E-state index in [1.54, 1.807) is 4.90 Å². The molecule has 0 unspecified atom stereocenters. The Morgan fingerprint density at radius 2 is 1.87 bits per heavy atom. The summed E-state index contributed by atoms with van der Waals surface area (Å²) in [5.41, 5.74) is 0.845. The summed E-state index contributed by atoms with van der Waals surface area (Å²) < 4.78 is 5.88. The van der Waals surface area contributed by atoms with Crippen LogP contribution in [0.1, 0.15) is 56.8 Å². The molecule has 2 aliphatic heterocycles. The van der Waals surface area contributed by atoms with E-state index in [0.29, 0.717) is 25.9 Å². The number of hydrogen-bond donors (Lipinski definition) is 1. The van der Waals surface area contributed by atoms with Gasteiger partial charge in [0.2, 0.25) is 5.91 Å². The minimum absolute atomic E-state index is 0.170. The maximum absolute atomic E-state index is 12.9. The molecular weight excluding hydrogens is 384 g/mol. The van der Waals surface area contributed by atoms with Crippen molar-refractivity contribution in [2.24, 2.45) is 0 Å². The number of para-hydroxylation sites is 2. The number of rotatable bonds is 3. The van der Waals surface area contributed by atoms with Crippen LogP contribution in [0.2, 0.25) is 0 Å². The first-order chi connectivity index (χ1) is 14.6. The van der Waals surface area contributed by atoms with Gasteiger partial charge < -0.3 is 14.6 Å². The number of nitrogens with zero attached hydrogens (tertiary/aromatic N) is 3. The van der Waals surface area contributed by atoms with Gasteiger partial charge in [0.25, 0.3) is 5.91 Å². The molecule has 1 aromatic heterocycles. The average molecular weight is 410 g/mol. The van der Waals surface area contributed by atoms with Gasteiger partial charge in [0.1, 0.15) is 17.6 Å². The number of hydrogen-bond acceptors (Lipinski definition) is 5. The number of oxazole rings is 1. The second kappa shape index (κ2) is 7.41. The van der Waals surface area contributed by atoms with Crippen molar-refractivity contribution in [3.8, 4) is 0 Å². The van der Waals surface area contributed by atoms with Crippen molar-refractivity contribution in [2.45, 2.75) is 56.4 Å². The fourth-order valence-electron chi connectivity index (χ4n) is 4.99. The van der Waals surface area contributed by atoms with Gasteiger partial charge in [-0.2, -0.15) is 0 Å². The molecule has 1 N–H and O–H groups in total. The number of urea groups is 1. The van der Waals surface area contributed by atoms with Crippen LogP contribution in [-0.2, 0) is 9.59 Å². The zero-order valence-corrected chi connectivity index (χ0v) is 16.9. The maximum atomic E-state index is 12.9. The molecule has 4 amide bonds. The van der Waals surface area contributed by atoms with Crippen LogP contribution in [-0.4, -0.2) is 57.8 Å². The predicted molar refractivity (Wildman–Crippen MR) is 109 cm³/mol. The number of amides is 4. The van der Waals surface area contributed by atoms with E-state index in [0.717, 1.165) is 54.0 Å². The van der Waals surface area contributed by atoms with Crippen LogP contribution in [0.4, 0.5) is 4.79 Å². The second-order valence-corrected chi connectivity index (χ2v) is 8.64. The molecule has 3 aliphatic rings. The van der Waals surface area contributed by atoms with E-state index in [4.69, 9.17) is 4.42 Å². The third kappa shape index (κ3) is 3.24. The number of fused-ring (bicyclic) bond motifs is 1. The number of imide groups is 1. The van der Waals surface area contributed by atoms with E-state index in [1.165, 1.54) is 0 Å². The third-order valence-electron chi connectivity index (χ3n) is 6.75. The monoisotopic (exact) mass is 410 g/mol. The van der Waals surface area contributed by atoms with Gasteiger partial charge in [-0.3, -0.25) is 14.5 Å². The number of likely N-dealkylation sites (tertiary alicyclic amines) is 1. The highest BCUT2D eigenvalue weighted by atomic mass is 16.3. The minimum atomic E-state index is -0.782. The van der Waals surface area contributed by atoms with Gasteiger partial charge in [0, 0.05) is 19.0 Å². The molecule has 3 heterocycles. The molecule has 2 saturated heterocycles. The number of carbonyl (C=O) groups excluding carboxylic acids is 3. The van der Waals surface area contributed by atoms with E-state index in [1.807, 2.05) is 24.3 Å². The van der Waals surface area contributed by atoms with Crippen molar-refractivity contribution < 1.29 is 18.8 Å². The van der Waals surface area contributed by atoms with Gasteiger partial charge in [0.15, 0.2) is 11.5 Å². The van der Waals surface area contributed by atoms with E-state index in [-0.39, 0.29) is 24.3 Å². The first-order valence-electron chi connectivity index (χ1n) is 10.8. The van der Waals surface area contributed by atoms with Gasteiger partial charge >= 0.3 is 6.03 Å². The lowest BCUT2D eigenvalue weighted by Gasteiger charge is -2.32. The Morgan fingerprint density at radius 3 is 2.60 bits per heavy atom. The summed E-state index contributed by atoms with van der Waals surface area (Å²) in [6, 6.07) is 7.26. The SMILES string of the molecule is O=C(CN1C(=O)NC2(CCCCC2)C1=O)N1CCC(c2nc3ccccc3o2)CC1. The van der Waals surface area contributed by atoms with E-state index in [9.17, 15) is 14.4 Å². The lowest BCUT2D eigenvalue weighted by Crippen LogP contribution is -2.49. The Kier molecular flexibility index (Phi) is 4.72. The van der Waals surface area contributed by atoms with Crippen LogP contribution in [0.5, 0.6) is 0 Å². The standard InChI is InChI=1S/C22H26N4O4/c27-18(14-26-20(28)22(24-21(26)29)10-4-1-5-11-22)25-12-8-15(9-13-25)19-23-16-6-2-3-7-17(16)30-19/h2-3,6-7,15H,1,4-5,8-14H2,(H,24,29). The highest BCUT2D eigenvalue weighted by Gasteiger charge is 2.51. The Morgan fingerprint density at radius 1 is 1.13 bits per heavy atom. The summed E-state index contributed by atoms with van der Waals surface area (Å²) in [6.45, 7) is 0.952. The van der Waals surface area contributed by atoms with Crippen LogP contribution in [0.3, 0.4) is 0 Å². The van der Waals surface area contributed by atoms with Gasteiger partial charge in [-0.05, 0) is 37.8 Å². The summed E-state index contributed by atoms with van der Waals surface area (Å²) in [5, 5.41) is 2.86. The summed E-state index contributed by atoms with van der Waals surface area (Å²) in [4.78, 5) is 45.5. The highest BCUT2D eigenvalue weighted by Crippen LogP contribution is 2.34. The van der Waals surface area contributed by atoms with Crippen molar-refractivity contribution in [2.75, 3.05) is 19.6 Å². The Hall–Kier alpha value is -2.90. The third-order valence-corrected chi connectivity index (χ3v) is 6.75. The first kappa shape index (κ1) is 19.1. The highest BCUT2D eigenvalue weighted by molar-refractivity contribution is 6.09. The van der Waals surface area contributed by atoms with Gasteiger partial charge in [0.05, 0.1) is 0 Å². The molecule has 8 heteroatoms. The lowest BCUT2D eigenvalue weighted by molar-refractivity contribution is -0.140. The molecule has 1 spiro atoms. The lowest BCUT2D eigenvalue weighted by atomic mass is 9.82. The fourth-order valence-corrected chi connectivity index (χ4v) is 4.99. The van der Waals surface area contributed by atoms with E-state index < -0.39 is 11.6 Å². The first-order valence-corrected chi connectivity index (χ1v) is 10.8. The van der Waals surface area contributed by atoms with Gasteiger partial charge in [-0.1, -0.05) is 31.4 Å². The number of aromatic nitrogens is 1. The minimum Gasteiger partial charge on any atom is -0.440 e. The molecule has 1 aliphatic carbocycles. The van der Waals surface area contributed by atoms with Gasteiger partial charge in [-0.25, -0.2) is 9.78 Å².